The number of carbonyl (C=O) groups is 4. The maximum absolute atomic E-state index is 13.6. The van der Waals surface area contributed by atoms with Crippen LogP contribution in [0.1, 0.15) is 141 Å². The molecule has 0 N–H and O–H groups in total. The van der Waals surface area contributed by atoms with Crippen LogP contribution in [0.25, 0.3) is 0 Å². The summed E-state index contributed by atoms with van der Waals surface area (Å²) < 4.78 is 15.4. The Bertz CT molecular complexity index is 1160. The summed E-state index contributed by atoms with van der Waals surface area (Å²) in [6.07, 6.45) is 15.0. The third-order valence-electron chi connectivity index (χ3n) is 7.43. The fourth-order valence-electron chi connectivity index (χ4n) is 4.90. The van der Waals surface area contributed by atoms with Gasteiger partial charge in [-0.25, -0.2) is 0 Å². The lowest BCUT2D eigenvalue weighted by Crippen LogP contribution is -2.35. The highest BCUT2D eigenvalue weighted by atomic mass is 16.6. The Hall–Kier alpha value is -3.76. The lowest BCUT2D eigenvalue weighted by atomic mass is 10.0. The van der Waals surface area contributed by atoms with Gasteiger partial charge in [-0.2, -0.15) is 0 Å². The first-order valence-electron chi connectivity index (χ1n) is 17.1. The van der Waals surface area contributed by atoms with Crippen molar-refractivity contribution in [3.05, 3.63) is 51.8 Å². The highest BCUT2D eigenvalue weighted by molar-refractivity contribution is 5.98. The van der Waals surface area contributed by atoms with Gasteiger partial charge in [0, 0.05) is 24.7 Å². The van der Waals surface area contributed by atoms with E-state index in [1.54, 1.807) is 32.6 Å². The molecule has 0 aliphatic heterocycles. The summed E-state index contributed by atoms with van der Waals surface area (Å²) >= 11 is 0. The molecule has 1 rings (SSSR count). The van der Waals surface area contributed by atoms with Crippen LogP contribution in [0, 0.1) is 16.0 Å². The van der Waals surface area contributed by atoms with Crippen LogP contribution in [0.5, 0.6) is 0 Å². The lowest BCUT2D eigenvalue weighted by Gasteiger charge is -2.23. The molecule has 0 heterocycles. The quantitative estimate of drug-likeness (QED) is 0.0216. The van der Waals surface area contributed by atoms with E-state index in [1.165, 1.54) is 50.0 Å². The molecule has 0 bridgehead atoms. The molecule has 11 nitrogen and oxygen atoms in total. The predicted molar refractivity (Wildman–Crippen MR) is 180 cm³/mol. The van der Waals surface area contributed by atoms with Gasteiger partial charge in [-0.3, -0.25) is 29.3 Å². The number of nitrogens with zero attached hydrogens (tertiary/aromatic N) is 2. The monoisotopic (exact) mass is 660 g/mol. The SMILES string of the molecule is CC=COC(=O)CC(C(=O)OCc1ccc(C(=O)N(CCCCCCCC)CCCCCCCC)cc1[N+](=O)[O-])C(=O)OC(C)(C)C. The van der Waals surface area contributed by atoms with Crippen LogP contribution in [0.15, 0.2) is 30.5 Å². The molecule has 11 heteroatoms. The number of allylic oxidation sites excluding steroid dienone is 1. The molecule has 0 aliphatic rings. The molecular weight excluding hydrogens is 604 g/mol. The van der Waals surface area contributed by atoms with E-state index in [1.807, 2.05) is 0 Å². The predicted octanol–water partition coefficient (Wildman–Crippen LogP) is 8.23. The molecule has 264 valence electrons. The van der Waals surface area contributed by atoms with E-state index in [0.717, 1.165) is 57.6 Å². The van der Waals surface area contributed by atoms with E-state index < -0.39 is 47.4 Å². The molecule has 0 saturated carbocycles. The molecule has 0 saturated heterocycles. The van der Waals surface area contributed by atoms with Gasteiger partial charge in [0.25, 0.3) is 11.6 Å². The molecule has 1 amide bonds. The molecule has 1 aromatic carbocycles. The first kappa shape index (κ1) is 41.3. The van der Waals surface area contributed by atoms with E-state index in [4.69, 9.17) is 14.2 Å². The zero-order valence-electron chi connectivity index (χ0n) is 29.3. The number of amides is 1. The summed E-state index contributed by atoms with van der Waals surface area (Å²) in [4.78, 5) is 64.8. The second kappa shape index (κ2) is 22.7. The van der Waals surface area contributed by atoms with Crippen molar-refractivity contribution >= 4 is 29.5 Å². The number of nitro groups is 1. The number of hydrogen-bond acceptors (Lipinski definition) is 9. The van der Waals surface area contributed by atoms with Gasteiger partial charge in [0.2, 0.25) is 0 Å². The van der Waals surface area contributed by atoms with Crippen molar-refractivity contribution in [2.24, 2.45) is 5.92 Å². The largest absolute Gasteiger partial charge is 0.460 e. The van der Waals surface area contributed by atoms with Gasteiger partial charge in [0.1, 0.15) is 12.2 Å². The third kappa shape index (κ3) is 17.1. The lowest BCUT2D eigenvalue weighted by molar-refractivity contribution is -0.385. The number of ether oxygens (including phenoxy) is 3. The first-order chi connectivity index (χ1) is 22.3. The Balaban J connectivity index is 3.10. The van der Waals surface area contributed by atoms with Gasteiger partial charge in [-0.05, 0) is 52.7 Å². The van der Waals surface area contributed by atoms with Crippen molar-refractivity contribution in [2.45, 2.75) is 137 Å². The minimum Gasteiger partial charge on any atom is -0.460 e. The van der Waals surface area contributed by atoms with Crippen LogP contribution in [0.2, 0.25) is 0 Å². The van der Waals surface area contributed by atoms with Crippen LogP contribution < -0.4 is 0 Å². The minimum absolute atomic E-state index is 0.0396. The van der Waals surface area contributed by atoms with Crippen molar-refractivity contribution in [3.8, 4) is 0 Å². The van der Waals surface area contributed by atoms with Crippen LogP contribution in [0.4, 0.5) is 5.69 Å². The molecular formula is C36H56N2O9. The Morgan fingerprint density at radius 3 is 1.94 bits per heavy atom. The molecule has 0 aliphatic carbocycles. The molecule has 47 heavy (non-hydrogen) atoms. The second-order valence-electron chi connectivity index (χ2n) is 12.8. The van der Waals surface area contributed by atoms with Gasteiger partial charge < -0.3 is 19.1 Å². The number of carbonyl (C=O) groups excluding carboxylic acids is 4. The normalized spacial score (nSPS) is 12.0. The van der Waals surface area contributed by atoms with Crippen LogP contribution in [-0.2, 0) is 35.2 Å². The fraction of sp³-hybridized carbons (Fsp3) is 0.667. The van der Waals surface area contributed by atoms with E-state index in [0.29, 0.717) is 13.1 Å². The van der Waals surface area contributed by atoms with E-state index in [-0.39, 0.29) is 22.7 Å². The first-order valence-corrected chi connectivity index (χ1v) is 17.1. The van der Waals surface area contributed by atoms with Gasteiger partial charge in [0.15, 0.2) is 5.92 Å². The number of benzene rings is 1. The summed E-state index contributed by atoms with van der Waals surface area (Å²) in [7, 11) is 0. The molecule has 0 fully saturated rings. The van der Waals surface area contributed by atoms with Crippen LogP contribution >= 0.6 is 0 Å². The van der Waals surface area contributed by atoms with Crippen molar-refractivity contribution in [2.75, 3.05) is 13.1 Å². The summed E-state index contributed by atoms with van der Waals surface area (Å²) in [5.74, 6) is -4.83. The topological polar surface area (TPSA) is 142 Å². The fourth-order valence-corrected chi connectivity index (χ4v) is 4.90. The average Bonchev–Trinajstić information content (AvgIpc) is 3.02. The van der Waals surface area contributed by atoms with E-state index >= 15 is 0 Å². The molecule has 0 spiro atoms. The van der Waals surface area contributed by atoms with Gasteiger partial charge in [-0.15, -0.1) is 0 Å². The summed E-state index contributed by atoms with van der Waals surface area (Å²) in [5.41, 5.74) is -1.11. The van der Waals surface area contributed by atoms with Gasteiger partial charge in [0.05, 0.1) is 23.2 Å². The molecule has 0 aromatic heterocycles. The van der Waals surface area contributed by atoms with E-state index in [2.05, 4.69) is 13.8 Å². The number of unbranched alkanes of at least 4 members (excludes halogenated alkanes) is 10. The number of nitro benzene ring substituents is 1. The second-order valence-corrected chi connectivity index (χ2v) is 12.8. The molecule has 0 radical (unpaired) electrons. The Morgan fingerprint density at radius 2 is 1.43 bits per heavy atom. The Labute approximate surface area is 280 Å². The standard InChI is InChI=1S/C36H56N2O9/c1-7-10-12-14-16-18-22-37(23-19-17-15-13-11-8-2)33(40)28-20-21-29(31(25-28)38(43)44)27-46-34(41)30(26-32(39)45-24-9-3)35(42)47-36(4,5)6/h9,20-21,24-25,30H,7-8,10-19,22-23,26-27H2,1-6H3. The summed E-state index contributed by atoms with van der Waals surface area (Å²) in [6, 6.07) is 4.09. The highest BCUT2D eigenvalue weighted by Crippen LogP contribution is 2.24. The van der Waals surface area contributed by atoms with Crippen molar-refractivity contribution in [1.29, 1.82) is 0 Å². The van der Waals surface area contributed by atoms with Crippen molar-refractivity contribution in [3.63, 3.8) is 0 Å². The average molecular weight is 661 g/mol. The van der Waals surface area contributed by atoms with Crippen LogP contribution in [0.3, 0.4) is 0 Å². The third-order valence-corrected chi connectivity index (χ3v) is 7.43. The summed E-state index contributed by atoms with van der Waals surface area (Å²) in [6.45, 7) is 11.4. The summed E-state index contributed by atoms with van der Waals surface area (Å²) in [5, 5.41) is 12.0. The zero-order chi connectivity index (χ0) is 35.2. The Morgan fingerprint density at radius 1 is 0.872 bits per heavy atom. The highest BCUT2D eigenvalue weighted by Gasteiger charge is 2.35. The maximum atomic E-state index is 13.6. The zero-order valence-corrected chi connectivity index (χ0v) is 29.3. The van der Waals surface area contributed by atoms with Crippen molar-refractivity contribution in [1.82, 2.24) is 4.90 Å². The van der Waals surface area contributed by atoms with E-state index in [9.17, 15) is 29.3 Å². The molecule has 1 unspecified atom stereocenters. The van der Waals surface area contributed by atoms with Gasteiger partial charge >= 0.3 is 17.9 Å². The minimum atomic E-state index is -1.63. The van der Waals surface area contributed by atoms with Crippen LogP contribution in [-0.4, -0.2) is 52.3 Å². The maximum Gasteiger partial charge on any atom is 0.321 e. The van der Waals surface area contributed by atoms with Crippen molar-refractivity contribution < 1.29 is 38.3 Å². The number of esters is 3. The smallest absolute Gasteiger partial charge is 0.321 e. The Kier molecular flexibility index (Phi) is 19.9. The number of rotatable bonds is 23. The molecule has 1 aromatic rings. The number of hydrogen-bond donors (Lipinski definition) is 0. The molecule has 1 atom stereocenters. The van der Waals surface area contributed by atoms with Gasteiger partial charge in [-0.1, -0.05) is 84.1 Å².